The minimum Gasteiger partial charge on any atom is -0.447 e. The average molecular weight is 448 g/mol. The number of aromatic nitrogens is 1. The largest absolute Gasteiger partial charge is 0.447 e. The standard InChI is InChI=1S/C18H24BrF2N3O3/c1-11-5-6-13(19)22-14(11)15(25)24-10-18(20,21)8-7-12(24)9-27-16(26)23-17(2,3)4/h5-6,12H,7-10H2,1-4H3,(H,23,26)/t12-/m1/s1. The number of nitrogens with one attached hydrogen (secondary N) is 1. The van der Waals surface area contributed by atoms with Gasteiger partial charge in [0.25, 0.3) is 11.8 Å². The number of ether oxygens (including phenoxy) is 1. The summed E-state index contributed by atoms with van der Waals surface area (Å²) >= 11 is 3.20. The van der Waals surface area contributed by atoms with Crippen molar-refractivity contribution in [2.24, 2.45) is 0 Å². The molecule has 0 saturated carbocycles. The topological polar surface area (TPSA) is 71.5 Å². The highest BCUT2D eigenvalue weighted by Gasteiger charge is 2.43. The molecule has 1 aliphatic rings. The van der Waals surface area contributed by atoms with Crippen molar-refractivity contribution in [3.05, 3.63) is 28.0 Å². The van der Waals surface area contributed by atoms with E-state index in [-0.39, 0.29) is 25.1 Å². The molecule has 0 radical (unpaired) electrons. The van der Waals surface area contributed by atoms with Gasteiger partial charge in [-0.3, -0.25) is 4.79 Å². The first kappa shape index (κ1) is 21.5. The molecule has 1 atom stereocenters. The van der Waals surface area contributed by atoms with Crippen LogP contribution >= 0.6 is 15.9 Å². The molecular weight excluding hydrogens is 424 g/mol. The van der Waals surface area contributed by atoms with Gasteiger partial charge in [-0.15, -0.1) is 0 Å². The molecular formula is C18H24BrF2N3O3. The van der Waals surface area contributed by atoms with E-state index in [1.807, 2.05) is 0 Å². The number of carbonyl (C=O) groups excluding carboxylic acids is 2. The zero-order chi connectivity index (χ0) is 20.4. The second kappa shape index (κ2) is 8.08. The Hall–Kier alpha value is -1.77. The van der Waals surface area contributed by atoms with Crippen molar-refractivity contribution in [3.8, 4) is 0 Å². The van der Waals surface area contributed by atoms with Gasteiger partial charge in [0, 0.05) is 12.0 Å². The number of pyridine rings is 1. The Kier molecular flexibility index (Phi) is 6.44. The predicted molar refractivity (Wildman–Crippen MR) is 99.9 cm³/mol. The van der Waals surface area contributed by atoms with Crippen LogP contribution in [0.1, 0.15) is 49.7 Å². The number of likely N-dealkylation sites (tertiary alicyclic amines) is 1. The van der Waals surface area contributed by atoms with Gasteiger partial charge in [-0.05, 0) is 61.7 Å². The van der Waals surface area contributed by atoms with Crippen molar-refractivity contribution in [3.63, 3.8) is 0 Å². The van der Waals surface area contributed by atoms with E-state index in [4.69, 9.17) is 4.74 Å². The van der Waals surface area contributed by atoms with Gasteiger partial charge in [0.05, 0.1) is 12.6 Å². The highest BCUT2D eigenvalue weighted by molar-refractivity contribution is 9.10. The lowest BCUT2D eigenvalue weighted by Gasteiger charge is -2.39. The van der Waals surface area contributed by atoms with E-state index in [0.717, 1.165) is 4.90 Å². The Morgan fingerprint density at radius 2 is 2.07 bits per heavy atom. The Labute approximate surface area is 165 Å². The van der Waals surface area contributed by atoms with Crippen molar-refractivity contribution in [2.45, 2.75) is 58.0 Å². The molecule has 27 heavy (non-hydrogen) atoms. The Morgan fingerprint density at radius 1 is 1.41 bits per heavy atom. The summed E-state index contributed by atoms with van der Waals surface area (Å²) in [6.07, 6.45) is -0.977. The Morgan fingerprint density at radius 3 is 2.70 bits per heavy atom. The van der Waals surface area contributed by atoms with Gasteiger partial charge in [0.1, 0.15) is 16.9 Å². The van der Waals surface area contributed by atoms with Crippen LogP contribution in [0.5, 0.6) is 0 Å². The van der Waals surface area contributed by atoms with E-state index in [1.165, 1.54) is 0 Å². The molecule has 2 rings (SSSR count). The van der Waals surface area contributed by atoms with Gasteiger partial charge in [-0.1, -0.05) is 6.07 Å². The lowest BCUT2D eigenvalue weighted by molar-refractivity contribution is -0.0792. The quantitative estimate of drug-likeness (QED) is 0.712. The summed E-state index contributed by atoms with van der Waals surface area (Å²) < 4.78 is 33.5. The third-order valence-electron chi connectivity index (χ3n) is 4.10. The maximum absolute atomic E-state index is 14.0. The Balaban J connectivity index is 2.16. The number of halogens is 3. The first-order valence-electron chi connectivity index (χ1n) is 8.65. The molecule has 0 spiro atoms. The Bertz CT molecular complexity index is 722. The maximum atomic E-state index is 14.0. The molecule has 0 unspecified atom stereocenters. The van der Waals surface area contributed by atoms with Crippen molar-refractivity contribution >= 4 is 27.9 Å². The first-order valence-corrected chi connectivity index (χ1v) is 9.44. The molecule has 1 N–H and O–H groups in total. The summed E-state index contributed by atoms with van der Waals surface area (Å²) in [5.74, 6) is -3.59. The first-order chi connectivity index (χ1) is 12.4. The van der Waals surface area contributed by atoms with Crippen LogP contribution in [0.4, 0.5) is 13.6 Å². The maximum Gasteiger partial charge on any atom is 0.407 e. The molecule has 2 amide bonds. The molecule has 6 nitrogen and oxygen atoms in total. The fourth-order valence-corrected chi connectivity index (χ4v) is 3.08. The van der Waals surface area contributed by atoms with Crippen molar-refractivity contribution in [2.75, 3.05) is 13.2 Å². The lowest BCUT2D eigenvalue weighted by Crippen LogP contribution is -2.54. The number of amides is 2. The minimum atomic E-state index is -2.99. The molecule has 1 saturated heterocycles. The normalized spacial score (nSPS) is 19.5. The summed E-state index contributed by atoms with van der Waals surface area (Å²) in [6.45, 7) is 6.20. The zero-order valence-corrected chi connectivity index (χ0v) is 17.4. The van der Waals surface area contributed by atoms with Gasteiger partial charge in [-0.2, -0.15) is 0 Å². The number of hydrogen-bond donors (Lipinski definition) is 1. The molecule has 1 aromatic rings. The van der Waals surface area contributed by atoms with Crippen molar-refractivity contribution < 1.29 is 23.1 Å². The van der Waals surface area contributed by atoms with Crippen LogP contribution in [0.15, 0.2) is 16.7 Å². The zero-order valence-electron chi connectivity index (χ0n) is 15.8. The molecule has 2 heterocycles. The van der Waals surface area contributed by atoms with Crippen LogP contribution in [0, 0.1) is 6.92 Å². The fraction of sp³-hybridized carbons (Fsp3) is 0.611. The van der Waals surface area contributed by atoms with Gasteiger partial charge in [-0.25, -0.2) is 18.6 Å². The number of nitrogens with zero attached hydrogens (tertiary/aromatic N) is 2. The number of rotatable bonds is 3. The number of alkyl halides is 2. The van der Waals surface area contributed by atoms with E-state index >= 15 is 0 Å². The van der Waals surface area contributed by atoms with E-state index in [0.29, 0.717) is 10.2 Å². The highest BCUT2D eigenvalue weighted by Crippen LogP contribution is 2.31. The molecule has 1 fully saturated rings. The average Bonchev–Trinajstić information content (AvgIpc) is 2.53. The molecule has 1 aromatic heterocycles. The smallest absolute Gasteiger partial charge is 0.407 e. The van der Waals surface area contributed by atoms with Crippen LogP contribution in [0.2, 0.25) is 0 Å². The number of hydrogen-bond acceptors (Lipinski definition) is 4. The van der Waals surface area contributed by atoms with Crippen LogP contribution in [-0.4, -0.2) is 52.5 Å². The van der Waals surface area contributed by atoms with E-state index in [2.05, 4.69) is 26.2 Å². The molecule has 0 bridgehead atoms. The van der Waals surface area contributed by atoms with E-state index in [9.17, 15) is 18.4 Å². The van der Waals surface area contributed by atoms with E-state index < -0.39 is 36.0 Å². The van der Waals surface area contributed by atoms with Crippen LogP contribution in [0.3, 0.4) is 0 Å². The van der Waals surface area contributed by atoms with Crippen LogP contribution in [-0.2, 0) is 4.74 Å². The number of carbonyl (C=O) groups is 2. The summed E-state index contributed by atoms with van der Waals surface area (Å²) in [5.41, 5.74) is 0.206. The second-order valence-corrected chi connectivity index (χ2v) is 8.57. The summed E-state index contributed by atoms with van der Waals surface area (Å²) in [7, 11) is 0. The van der Waals surface area contributed by atoms with Crippen molar-refractivity contribution in [1.29, 1.82) is 0 Å². The van der Waals surface area contributed by atoms with Gasteiger partial charge in [0.2, 0.25) is 0 Å². The molecule has 0 aliphatic carbocycles. The third-order valence-corrected chi connectivity index (χ3v) is 4.54. The summed E-state index contributed by atoms with van der Waals surface area (Å²) in [4.78, 5) is 30.0. The van der Waals surface area contributed by atoms with Crippen molar-refractivity contribution in [1.82, 2.24) is 15.2 Å². The van der Waals surface area contributed by atoms with Gasteiger partial charge >= 0.3 is 6.09 Å². The molecule has 9 heteroatoms. The van der Waals surface area contributed by atoms with Gasteiger partial charge in [0.15, 0.2) is 0 Å². The fourth-order valence-electron chi connectivity index (χ4n) is 2.77. The molecule has 0 aromatic carbocycles. The summed E-state index contributed by atoms with van der Waals surface area (Å²) in [5, 5.41) is 2.64. The minimum absolute atomic E-state index is 0.0363. The lowest BCUT2D eigenvalue weighted by atomic mass is 9.98. The number of aryl methyl sites for hydroxylation is 1. The van der Waals surface area contributed by atoms with Gasteiger partial charge < -0.3 is 15.0 Å². The van der Waals surface area contributed by atoms with Crippen LogP contribution in [0.25, 0.3) is 0 Å². The highest BCUT2D eigenvalue weighted by atomic mass is 79.9. The number of piperidine rings is 1. The number of alkyl carbamates (subject to hydrolysis) is 1. The SMILES string of the molecule is Cc1ccc(Br)nc1C(=O)N1CC(F)(F)CC[C@@H]1COC(=O)NC(C)(C)C. The second-order valence-electron chi connectivity index (χ2n) is 7.75. The molecule has 1 aliphatic heterocycles. The molecule has 150 valence electrons. The monoisotopic (exact) mass is 447 g/mol. The predicted octanol–water partition coefficient (Wildman–Crippen LogP) is 3.92. The third kappa shape index (κ3) is 6.12. The van der Waals surface area contributed by atoms with Crippen LogP contribution < -0.4 is 5.32 Å². The summed E-state index contributed by atoms with van der Waals surface area (Å²) in [6, 6.07) is 2.73. The van der Waals surface area contributed by atoms with E-state index in [1.54, 1.807) is 39.8 Å².